The van der Waals surface area contributed by atoms with E-state index >= 15 is 0 Å². The summed E-state index contributed by atoms with van der Waals surface area (Å²) in [5, 5.41) is 3.32. The largest absolute Gasteiger partial charge is 0.377 e. The van der Waals surface area contributed by atoms with Crippen LogP contribution in [0.25, 0.3) is 0 Å². The van der Waals surface area contributed by atoms with Gasteiger partial charge in [0.1, 0.15) is 22.4 Å². The van der Waals surface area contributed by atoms with E-state index in [9.17, 15) is 0 Å². The van der Waals surface area contributed by atoms with Crippen LogP contribution in [0.4, 0.5) is 11.6 Å². The van der Waals surface area contributed by atoms with Crippen LogP contribution in [0.15, 0.2) is 10.8 Å². The molecule has 0 bridgehead atoms. The molecule has 5 nitrogen and oxygen atoms in total. The van der Waals surface area contributed by atoms with Crippen molar-refractivity contribution >= 4 is 27.6 Å². The van der Waals surface area contributed by atoms with Crippen LogP contribution < -0.4 is 10.2 Å². The Labute approximate surface area is 129 Å². The molecule has 20 heavy (non-hydrogen) atoms. The second-order valence-electron chi connectivity index (χ2n) is 5.47. The Morgan fingerprint density at radius 2 is 2.30 bits per heavy atom. The van der Waals surface area contributed by atoms with Gasteiger partial charge in [-0.25, -0.2) is 9.97 Å². The molecule has 1 atom stereocenters. The topological polar surface area (TPSA) is 50.3 Å². The van der Waals surface area contributed by atoms with E-state index in [4.69, 9.17) is 4.74 Å². The van der Waals surface area contributed by atoms with Crippen LogP contribution in [-0.4, -0.2) is 42.3 Å². The normalized spacial score (nSPS) is 22.9. The number of aromatic nitrogens is 2. The zero-order valence-corrected chi connectivity index (χ0v) is 14.0. The Balaban J connectivity index is 2.19. The highest BCUT2D eigenvalue weighted by molar-refractivity contribution is 9.10. The second kappa shape index (κ2) is 6.72. The zero-order valence-electron chi connectivity index (χ0n) is 12.4. The highest BCUT2D eigenvalue weighted by atomic mass is 79.9. The standard InChI is InChI=1S/C14H23BrN4O/c1-4-7-16-12-11(15)13(18-10-17-12)19-8-5-6-14(2,9-19)20-3/h10H,4-9H2,1-3H3,(H,16,17,18). The quantitative estimate of drug-likeness (QED) is 0.891. The molecule has 1 aromatic rings. The summed E-state index contributed by atoms with van der Waals surface area (Å²) >= 11 is 3.64. The summed E-state index contributed by atoms with van der Waals surface area (Å²) in [5.74, 6) is 1.81. The van der Waals surface area contributed by atoms with Gasteiger partial charge in [-0.05, 0) is 42.1 Å². The first-order valence-electron chi connectivity index (χ1n) is 7.14. The molecule has 112 valence electrons. The third kappa shape index (κ3) is 3.41. The number of hydrogen-bond donors (Lipinski definition) is 1. The number of anilines is 2. The van der Waals surface area contributed by atoms with Gasteiger partial charge in [-0.1, -0.05) is 6.92 Å². The Morgan fingerprint density at radius 1 is 1.50 bits per heavy atom. The minimum Gasteiger partial charge on any atom is -0.377 e. The monoisotopic (exact) mass is 342 g/mol. The summed E-state index contributed by atoms with van der Waals surface area (Å²) < 4.78 is 6.59. The Bertz CT molecular complexity index is 457. The zero-order chi connectivity index (χ0) is 14.6. The second-order valence-corrected chi connectivity index (χ2v) is 6.26. The summed E-state index contributed by atoms with van der Waals surface area (Å²) in [6.45, 7) is 7.06. The van der Waals surface area contributed by atoms with Gasteiger partial charge in [0.05, 0.1) is 5.60 Å². The molecule has 1 aliphatic rings. The number of nitrogens with zero attached hydrogens (tertiary/aromatic N) is 3. The summed E-state index contributed by atoms with van der Waals surface area (Å²) in [7, 11) is 1.78. The third-order valence-corrected chi connectivity index (χ3v) is 4.50. The fraction of sp³-hybridized carbons (Fsp3) is 0.714. The van der Waals surface area contributed by atoms with Crippen molar-refractivity contribution in [1.29, 1.82) is 0 Å². The molecule has 0 amide bonds. The average Bonchev–Trinajstić information content (AvgIpc) is 2.46. The van der Waals surface area contributed by atoms with E-state index in [1.165, 1.54) is 0 Å². The van der Waals surface area contributed by atoms with Crippen molar-refractivity contribution in [3.05, 3.63) is 10.8 Å². The number of ether oxygens (including phenoxy) is 1. The van der Waals surface area contributed by atoms with Gasteiger partial charge in [0.15, 0.2) is 0 Å². The highest BCUT2D eigenvalue weighted by Gasteiger charge is 2.32. The minimum absolute atomic E-state index is 0.0976. The maximum absolute atomic E-state index is 5.65. The first-order valence-corrected chi connectivity index (χ1v) is 7.93. The minimum atomic E-state index is -0.0976. The third-order valence-electron chi connectivity index (χ3n) is 3.76. The molecule has 1 N–H and O–H groups in total. The molecule has 2 rings (SSSR count). The van der Waals surface area contributed by atoms with Crippen LogP contribution in [0.1, 0.15) is 33.1 Å². The van der Waals surface area contributed by atoms with Crippen molar-refractivity contribution in [3.8, 4) is 0 Å². The molecule has 0 aliphatic carbocycles. The lowest BCUT2D eigenvalue weighted by Gasteiger charge is -2.40. The Kier molecular flexibility index (Phi) is 5.21. The molecule has 0 saturated carbocycles. The van der Waals surface area contributed by atoms with E-state index < -0.39 is 0 Å². The molecule has 1 fully saturated rings. The fourth-order valence-electron chi connectivity index (χ4n) is 2.50. The average molecular weight is 343 g/mol. The van der Waals surface area contributed by atoms with Crippen molar-refractivity contribution in [2.45, 2.75) is 38.7 Å². The molecular formula is C14H23BrN4O. The number of nitrogens with one attached hydrogen (secondary N) is 1. The molecule has 6 heteroatoms. The van der Waals surface area contributed by atoms with Gasteiger partial charge in [-0.3, -0.25) is 0 Å². The van der Waals surface area contributed by atoms with Crippen LogP contribution in [0.2, 0.25) is 0 Å². The number of rotatable bonds is 5. The van der Waals surface area contributed by atoms with Gasteiger partial charge in [0.25, 0.3) is 0 Å². The SMILES string of the molecule is CCCNc1ncnc(N2CCCC(C)(OC)C2)c1Br. The van der Waals surface area contributed by atoms with Crippen LogP contribution >= 0.6 is 15.9 Å². The molecular weight excluding hydrogens is 320 g/mol. The number of methoxy groups -OCH3 is 1. The summed E-state index contributed by atoms with van der Waals surface area (Å²) in [6.07, 6.45) is 4.89. The molecule has 1 saturated heterocycles. The smallest absolute Gasteiger partial charge is 0.148 e. The first kappa shape index (κ1) is 15.5. The van der Waals surface area contributed by atoms with Gasteiger partial charge in [-0.15, -0.1) is 0 Å². The molecule has 0 spiro atoms. The van der Waals surface area contributed by atoms with Crippen molar-refractivity contribution < 1.29 is 4.74 Å². The lowest BCUT2D eigenvalue weighted by molar-refractivity contribution is -0.00484. The van der Waals surface area contributed by atoms with Crippen LogP contribution in [0, 0.1) is 0 Å². The van der Waals surface area contributed by atoms with Crippen LogP contribution in [-0.2, 0) is 4.74 Å². The van der Waals surface area contributed by atoms with Gasteiger partial charge < -0.3 is 15.0 Å². The Hall–Kier alpha value is -0.880. The molecule has 2 heterocycles. The number of hydrogen-bond acceptors (Lipinski definition) is 5. The number of piperidine rings is 1. The van der Waals surface area contributed by atoms with E-state index in [0.29, 0.717) is 0 Å². The highest BCUT2D eigenvalue weighted by Crippen LogP contribution is 2.33. The molecule has 1 aliphatic heterocycles. The predicted molar refractivity (Wildman–Crippen MR) is 85.4 cm³/mol. The van der Waals surface area contributed by atoms with Crippen molar-refractivity contribution in [1.82, 2.24) is 9.97 Å². The van der Waals surface area contributed by atoms with Gasteiger partial charge in [0.2, 0.25) is 0 Å². The van der Waals surface area contributed by atoms with E-state index in [1.807, 2.05) is 0 Å². The van der Waals surface area contributed by atoms with E-state index in [0.717, 1.165) is 55.0 Å². The van der Waals surface area contributed by atoms with Gasteiger partial charge in [-0.2, -0.15) is 0 Å². The molecule has 0 aromatic carbocycles. The molecule has 1 unspecified atom stereocenters. The lowest BCUT2D eigenvalue weighted by atomic mass is 9.95. The van der Waals surface area contributed by atoms with E-state index in [-0.39, 0.29) is 5.60 Å². The lowest BCUT2D eigenvalue weighted by Crippen LogP contribution is -2.47. The summed E-state index contributed by atoms with van der Waals surface area (Å²) in [5.41, 5.74) is -0.0976. The Morgan fingerprint density at radius 3 is 3.00 bits per heavy atom. The van der Waals surface area contributed by atoms with Crippen LogP contribution in [0.5, 0.6) is 0 Å². The van der Waals surface area contributed by atoms with E-state index in [1.54, 1.807) is 13.4 Å². The van der Waals surface area contributed by atoms with Gasteiger partial charge in [0, 0.05) is 26.7 Å². The molecule has 0 radical (unpaired) electrons. The maximum atomic E-state index is 5.65. The number of halogens is 1. The summed E-state index contributed by atoms with van der Waals surface area (Å²) in [6, 6.07) is 0. The predicted octanol–water partition coefficient (Wildman–Crippen LogP) is 3.07. The van der Waals surface area contributed by atoms with Gasteiger partial charge >= 0.3 is 0 Å². The van der Waals surface area contributed by atoms with Crippen molar-refractivity contribution in [2.75, 3.05) is 37.0 Å². The maximum Gasteiger partial charge on any atom is 0.148 e. The first-order chi connectivity index (χ1) is 9.59. The fourth-order valence-corrected chi connectivity index (χ4v) is 3.10. The van der Waals surface area contributed by atoms with Crippen molar-refractivity contribution in [2.24, 2.45) is 0 Å². The summed E-state index contributed by atoms with van der Waals surface area (Å²) in [4.78, 5) is 11.0. The van der Waals surface area contributed by atoms with Crippen molar-refractivity contribution in [3.63, 3.8) is 0 Å². The van der Waals surface area contributed by atoms with E-state index in [2.05, 4.69) is 50.0 Å². The van der Waals surface area contributed by atoms with Crippen LogP contribution in [0.3, 0.4) is 0 Å². The molecule has 1 aromatic heterocycles.